The van der Waals surface area contributed by atoms with Gasteiger partial charge in [-0.3, -0.25) is 9.48 Å². The summed E-state index contributed by atoms with van der Waals surface area (Å²) in [5.41, 5.74) is 3.72. The van der Waals surface area contributed by atoms with Gasteiger partial charge in [0.05, 0.1) is 21.3 Å². The molecule has 0 saturated heterocycles. The topological polar surface area (TPSA) is 47.8 Å². The van der Waals surface area contributed by atoms with Crippen molar-refractivity contribution in [2.45, 2.75) is 27.7 Å². The number of thiazole rings is 1. The maximum atomic E-state index is 11.6. The fourth-order valence-corrected chi connectivity index (χ4v) is 2.77. The van der Waals surface area contributed by atoms with Crippen LogP contribution in [0.4, 0.5) is 0 Å². The molecule has 0 aliphatic heterocycles. The van der Waals surface area contributed by atoms with E-state index in [1.54, 1.807) is 6.92 Å². The molecule has 0 amide bonds. The average molecular weight is 249 g/mol. The van der Waals surface area contributed by atoms with Gasteiger partial charge in [0.2, 0.25) is 0 Å². The number of nitrogens with zero attached hydrogens (tertiary/aromatic N) is 3. The Morgan fingerprint density at radius 2 is 1.94 bits per heavy atom. The smallest absolute Gasteiger partial charge is 0.172 e. The Bertz CT molecular complexity index is 595. The first-order chi connectivity index (χ1) is 7.91. The van der Waals surface area contributed by atoms with Crippen LogP contribution in [0.25, 0.3) is 11.3 Å². The molecule has 0 aliphatic carbocycles. The van der Waals surface area contributed by atoms with Crippen molar-refractivity contribution in [2.75, 3.05) is 0 Å². The van der Waals surface area contributed by atoms with Gasteiger partial charge in [0.15, 0.2) is 5.78 Å². The SMILES string of the molecule is CC(=O)c1sc(C)nc1-c1c(C)nn(C)c1C. The molecule has 4 nitrogen and oxygen atoms in total. The summed E-state index contributed by atoms with van der Waals surface area (Å²) in [6.45, 7) is 7.44. The van der Waals surface area contributed by atoms with Crippen LogP contribution >= 0.6 is 11.3 Å². The number of carbonyl (C=O) groups is 1. The molecule has 0 unspecified atom stereocenters. The number of aromatic nitrogens is 3. The molecule has 5 heteroatoms. The lowest BCUT2D eigenvalue weighted by Crippen LogP contribution is -1.95. The first kappa shape index (κ1) is 12.0. The highest BCUT2D eigenvalue weighted by Gasteiger charge is 2.21. The van der Waals surface area contributed by atoms with Gasteiger partial charge in [-0.05, 0) is 20.8 Å². The number of aryl methyl sites for hydroxylation is 3. The predicted molar refractivity (Wildman–Crippen MR) is 68.5 cm³/mol. The molecule has 0 aromatic carbocycles. The molecule has 2 aromatic heterocycles. The van der Waals surface area contributed by atoms with Crippen LogP contribution in [0, 0.1) is 20.8 Å². The van der Waals surface area contributed by atoms with Gasteiger partial charge in [0.25, 0.3) is 0 Å². The van der Waals surface area contributed by atoms with Crippen LogP contribution in [0.1, 0.15) is 33.0 Å². The fourth-order valence-electron chi connectivity index (χ4n) is 1.95. The number of Topliss-reactive ketones (excluding diaryl/α,β-unsaturated/α-hetero) is 1. The molecular formula is C12H15N3OS. The Hall–Kier alpha value is -1.49. The highest BCUT2D eigenvalue weighted by Crippen LogP contribution is 2.32. The highest BCUT2D eigenvalue weighted by molar-refractivity contribution is 7.14. The summed E-state index contributed by atoms with van der Waals surface area (Å²) in [5, 5.41) is 5.28. The predicted octanol–water partition coefficient (Wildman–Crippen LogP) is 2.67. The Morgan fingerprint density at radius 1 is 1.29 bits per heavy atom. The van der Waals surface area contributed by atoms with E-state index in [2.05, 4.69) is 10.1 Å². The molecule has 0 saturated carbocycles. The van der Waals surface area contributed by atoms with E-state index < -0.39 is 0 Å². The molecule has 0 bridgehead atoms. The monoisotopic (exact) mass is 249 g/mol. The Balaban J connectivity index is 2.72. The number of rotatable bonds is 2. The van der Waals surface area contributed by atoms with Crippen LogP contribution in [0.5, 0.6) is 0 Å². The summed E-state index contributed by atoms with van der Waals surface area (Å²) in [6, 6.07) is 0. The van der Waals surface area contributed by atoms with Gasteiger partial charge >= 0.3 is 0 Å². The first-order valence-corrected chi connectivity index (χ1v) is 6.22. The third-order valence-corrected chi connectivity index (χ3v) is 3.87. The van der Waals surface area contributed by atoms with Crippen molar-refractivity contribution in [3.05, 3.63) is 21.3 Å². The minimum absolute atomic E-state index is 0.0632. The minimum atomic E-state index is 0.0632. The summed E-state index contributed by atoms with van der Waals surface area (Å²) in [4.78, 5) is 16.8. The maximum Gasteiger partial charge on any atom is 0.172 e. The zero-order valence-electron chi connectivity index (χ0n) is 10.7. The number of hydrogen-bond acceptors (Lipinski definition) is 4. The van der Waals surface area contributed by atoms with Crippen molar-refractivity contribution >= 4 is 17.1 Å². The maximum absolute atomic E-state index is 11.6. The molecule has 90 valence electrons. The molecule has 0 N–H and O–H groups in total. The van der Waals surface area contributed by atoms with Gasteiger partial charge in [0.1, 0.15) is 0 Å². The summed E-state index contributed by atoms with van der Waals surface area (Å²) in [7, 11) is 1.90. The van der Waals surface area contributed by atoms with Crippen LogP contribution in [0.3, 0.4) is 0 Å². The zero-order chi connectivity index (χ0) is 12.7. The van der Waals surface area contributed by atoms with E-state index in [0.29, 0.717) is 0 Å². The van der Waals surface area contributed by atoms with Gasteiger partial charge in [-0.2, -0.15) is 5.10 Å². The van der Waals surface area contributed by atoms with Crippen LogP contribution in [-0.4, -0.2) is 20.5 Å². The van der Waals surface area contributed by atoms with Gasteiger partial charge < -0.3 is 0 Å². The third kappa shape index (κ3) is 1.91. The second-order valence-electron chi connectivity index (χ2n) is 4.14. The first-order valence-electron chi connectivity index (χ1n) is 5.40. The normalized spacial score (nSPS) is 10.9. The van der Waals surface area contributed by atoms with Gasteiger partial charge in [0, 0.05) is 25.2 Å². The van der Waals surface area contributed by atoms with E-state index in [1.807, 2.05) is 32.5 Å². The largest absolute Gasteiger partial charge is 0.294 e. The summed E-state index contributed by atoms with van der Waals surface area (Å²) >= 11 is 1.45. The van der Waals surface area contributed by atoms with E-state index in [9.17, 15) is 4.79 Å². The lowest BCUT2D eigenvalue weighted by Gasteiger charge is -2.00. The lowest BCUT2D eigenvalue weighted by molar-refractivity contribution is 0.102. The molecule has 17 heavy (non-hydrogen) atoms. The van der Waals surface area contributed by atoms with Crippen molar-refractivity contribution in [1.29, 1.82) is 0 Å². The van der Waals surface area contributed by atoms with Gasteiger partial charge in [-0.15, -0.1) is 11.3 Å². The van der Waals surface area contributed by atoms with Crippen molar-refractivity contribution in [2.24, 2.45) is 7.05 Å². The summed E-state index contributed by atoms with van der Waals surface area (Å²) < 4.78 is 1.82. The zero-order valence-corrected chi connectivity index (χ0v) is 11.5. The highest BCUT2D eigenvalue weighted by atomic mass is 32.1. The van der Waals surface area contributed by atoms with E-state index in [0.717, 1.165) is 32.5 Å². The van der Waals surface area contributed by atoms with Crippen LogP contribution in [-0.2, 0) is 7.05 Å². The van der Waals surface area contributed by atoms with E-state index >= 15 is 0 Å². The van der Waals surface area contributed by atoms with Gasteiger partial charge in [-0.1, -0.05) is 0 Å². The Kier molecular flexibility index (Phi) is 2.87. The molecule has 0 atom stereocenters. The van der Waals surface area contributed by atoms with Crippen LogP contribution in [0.15, 0.2) is 0 Å². The molecular weight excluding hydrogens is 234 g/mol. The summed E-state index contributed by atoms with van der Waals surface area (Å²) in [5.74, 6) is 0.0632. The quantitative estimate of drug-likeness (QED) is 0.769. The van der Waals surface area contributed by atoms with Gasteiger partial charge in [-0.25, -0.2) is 4.98 Å². The molecule has 0 aliphatic rings. The second-order valence-corrected chi connectivity index (χ2v) is 5.34. The van der Waals surface area contributed by atoms with Crippen molar-refractivity contribution in [1.82, 2.24) is 14.8 Å². The number of hydrogen-bond donors (Lipinski definition) is 0. The molecule has 0 spiro atoms. The second kappa shape index (κ2) is 4.07. The molecule has 2 aromatic rings. The van der Waals surface area contributed by atoms with E-state index in [1.165, 1.54) is 11.3 Å². The lowest BCUT2D eigenvalue weighted by atomic mass is 10.1. The van der Waals surface area contributed by atoms with E-state index in [4.69, 9.17) is 0 Å². The standard InChI is InChI=1S/C12H15N3OS/c1-6-10(7(2)15(5)14-6)11-12(8(3)16)17-9(4)13-11/h1-5H3. The Labute approximate surface area is 104 Å². The molecule has 0 radical (unpaired) electrons. The van der Waals surface area contributed by atoms with Crippen molar-refractivity contribution < 1.29 is 4.79 Å². The average Bonchev–Trinajstić information content (AvgIpc) is 2.70. The summed E-state index contributed by atoms with van der Waals surface area (Å²) in [6.07, 6.45) is 0. The number of ketones is 1. The Morgan fingerprint density at radius 3 is 2.41 bits per heavy atom. The van der Waals surface area contributed by atoms with E-state index in [-0.39, 0.29) is 5.78 Å². The van der Waals surface area contributed by atoms with Crippen LogP contribution < -0.4 is 0 Å². The molecule has 0 fully saturated rings. The molecule has 2 heterocycles. The van der Waals surface area contributed by atoms with Crippen molar-refractivity contribution in [3.63, 3.8) is 0 Å². The fraction of sp³-hybridized carbons (Fsp3) is 0.417. The number of carbonyl (C=O) groups excluding carboxylic acids is 1. The van der Waals surface area contributed by atoms with Crippen LogP contribution in [0.2, 0.25) is 0 Å². The minimum Gasteiger partial charge on any atom is -0.294 e. The van der Waals surface area contributed by atoms with Crippen molar-refractivity contribution in [3.8, 4) is 11.3 Å². The molecule has 2 rings (SSSR count). The third-order valence-electron chi connectivity index (χ3n) is 2.80.